The number of imidazole rings is 1. The molecule has 2 aromatic carbocycles. The predicted octanol–water partition coefficient (Wildman–Crippen LogP) is 6.96. The molecule has 0 spiro atoms. The van der Waals surface area contributed by atoms with E-state index in [0.717, 1.165) is 41.3 Å². The molecule has 176 valence electrons. The van der Waals surface area contributed by atoms with Gasteiger partial charge in [0, 0.05) is 11.7 Å². The van der Waals surface area contributed by atoms with Crippen LogP contribution in [0.2, 0.25) is 0 Å². The number of carbonyl (C=O) groups is 1. The van der Waals surface area contributed by atoms with Crippen molar-refractivity contribution in [3.63, 3.8) is 0 Å². The second kappa shape index (κ2) is 8.73. The quantitative estimate of drug-likeness (QED) is 0.425. The Balaban J connectivity index is 1.78. The first kappa shape index (κ1) is 23.1. The molecule has 3 aromatic rings. The Hall–Kier alpha value is -3.02. The van der Waals surface area contributed by atoms with Crippen molar-refractivity contribution in [3.05, 3.63) is 47.5 Å². The van der Waals surface area contributed by atoms with Crippen molar-refractivity contribution in [1.29, 1.82) is 0 Å². The van der Waals surface area contributed by atoms with Crippen molar-refractivity contribution in [2.45, 2.75) is 73.0 Å². The van der Waals surface area contributed by atoms with E-state index in [0.29, 0.717) is 17.0 Å². The Morgan fingerprint density at radius 2 is 1.91 bits per heavy atom. The number of benzene rings is 2. The summed E-state index contributed by atoms with van der Waals surface area (Å²) >= 11 is 0. The van der Waals surface area contributed by atoms with Crippen LogP contribution in [0.5, 0.6) is 5.75 Å². The highest BCUT2D eigenvalue weighted by Gasteiger charge is 2.35. The van der Waals surface area contributed by atoms with Gasteiger partial charge in [0.05, 0.1) is 22.7 Å². The molecule has 1 aliphatic rings. The number of carboxylic acids is 1. The number of fused-ring (bicyclic) bond motifs is 1. The van der Waals surface area contributed by atoms with E-state index in [-0.39, 0.29) is 17.6 Å². The highest BCUT2D eigenvalue weighted by molar-refractivity contribution is 5.95. The Kier molecular flexibility index (Phi) is 6.12. The summed E-state index contributed by atoms with van der Waals surface area (Å²) in [7, 11) is 0. The van der Waals surface area contributed by atoms with Crippen LogP contribution in [-0.4, -0.2) is 26.7 Å². The molecule has 0 aliphatic heterocycles. The molecule has 1 heterocycles. The average Bonchev–Trinajstić information content (AvgIpc) is 3.03. The van der Waals surface area contributed by atoms with Crippen LogP contribution in [0.4, 0.5) is 11.6 Å². The smallest absolute Gasteiger partial charge is 0.336 e. The number of aromatic nitrogens is 2. The maximum atomic E-state index is 11.7. The van der Waals surface area contributed by atoms with Crippen LogP contribution >= 0.6 is 0 Å². The van der Waals surface area contributed by atoms with Gasteiger partial charge in [0.15, 0.2) is 0 Å². The van der Waals surface area contributed by atoms with Gasteiger partial charge in [-0.05, 0) is 93.3 Å². The summed E-state index contributed by atoms with van der Waals surface area (Å²) in [6.07, 6.45) is 3.46. The largest absolute Gasteiger partial charge is 0.491 e. The summed E-state index contributed by atoms with van der Waals surface area (Å²) in [4.78, 5) is 16.6. The molecule has 0 amide bonds. The predicted molar refractivity (Wildman–Crippen MR) is 133 cm³/mol. The zero-order valence-electron chi connectivity index (χ0n) is 20.5. The van der Waals surface area contributed by atoms with Crippen molar-refractivity contribution in [2.24, 2.45) is 11.3 Å². The van der Waals surface area contributed by atoms with Crippen LogP contribution in [0, 0.1) is 18.3 Å². The van der Waals surface area contributed by atoms with E-state index >= 15 is 0 Å². The third-order valence-corrected chi connectivity index (χ3v) is 6.48. The third kappa shape index (κ3) is 5.00. The lowest BCUT2D eigenvalue weighted by Crippen LogP contribution is -2.29. The lowest BCUT2D eigenvalue weighted by atomic mass is 9.70. The minimum absolute atomic E-state index is 0.122. The lowest BCUT2D eigenvalue weighted by Gasteiger charge is -2.40. The molecule has 2 N–H and O–H groups in total. The van der Waals surface area contributed by atoms with E-state index in [1.165, 1.54) is 6.42 Å². The number of hydrogen-bond donors (Lipinski definition) is 2. The molecule has 0 bridgehead atoms. The monoisotopic (exact) mass is 449 g/mol. The molecule has 1 fully saturated rings. The van der Waals surface area contributed by atoms with E-state index in [2.05, 4.69) is 30.7 Å². The van der Waals surface area contributed by atoms with E-state index < -0.39 is 5.97 Å². The molecule has 6 nitrogen and oxygen atoms in total. The number of rotatable bonds is 6. The molecular formula is C27H35N3O3. The lowest BCUT2D eigenvalue weighted by molar-refractivity contribution is 0.0696. The van der Waals surface area contributed by atoms with Gasteiger partial charge in [-0.2, -0.15) is 0 Å². The number of aromatic carboxylic acids is 1. The highest BCUT2D eigenvalue weighted by Crippen LogP contribution is 2.46. The number of nitrogens with one attached hydrogen (secondary N) is 1. The van der Waals surface area contributed by atoms with Crippen molar-refractivity contribution >= 4 is 28.6 Å². The minimum Gasteiger partial charge on any atom is -0.491 e. The van der Waals surface area contributed by atoms with Gasteiger partial charge >= 0.3 is 5.97 Å². The number of ether oxygens (including phenoxy) is 1. The molecule has 4 rings (SSSR count). The summed E-state index contributed by atoms with van der Waals surface area (Å²) in [5, 5.41) is 13.1. The highest BCUT2D eigenvalue weighted by atomic mass is 16.5. The van der Waals surface area contributed by atoms with Gasteiger partial charge in [-0.15, -0.1) is 0 Å². The van der Waals surface area contributed by atoms with E-state index in [9.17, 15) is 9.90 Å². The Morgan fingerprint density at radius 3 is 2.52 bits per heavy atom. The Bertz CT molecular complexity index is 1160. The SMILES string of the molecule is Cc1cc2c(cc1C(=O)O)nc(Nc1ccc(OC(C)C)cc1)n2[C@H]1C[C@H](C)CC(C)(C)C1. The number of nitrogens with zero attached hydrogens (tertiary/aromatic N) is 2. The first-order valence-corrected chi connectivity index (χ1v) is 11.8. The van der Waals surface area contributed by atoms with E-state index in [1.807, 2.05) is 51.1 Å². The topological polar surface area (TPSA) is 76.4 Å². The summed E-state index contributed by atoms with van der Waals surface area (Å²) in [6, 6.07) is 11.8. The van der Waals surface area contributed by atoms with Gasteiger partial charge in [0.25, 0.3) is 0 Å². The molecule has 6 heteroatoms. The van der Waals surface area contributed by atoms with Crippen LogP contribution < -0.4 is 10.1 Å². The van der Waals surface area contributed by atoms with Crippen LogP contribution in [0.3, 0.4) is 0 Å². The molecule has 1 aromatic heterocycles. The molecule has 1 saturated carbocycles. The molecule has 0 unspecified atom stereocenters. The van der Waals surface area contributed by atoms with Gasteiger partial charge < -0.3 is 19.7 Å². The zero-order valence-corrected chi connectivity index (χ0v) is 20.5. The fraction of sp³-hybridized carbons (Fsp3) is 0.481. The molecule has 0 saturated heterocycles. The summed E-state index contributed by atoms with van der Waals surface area (Å²) < 4.78 is 8.06. The van der Waals surface area contributed by atoms with Gasteiger partial charge in [0.1, 0.15) is 5.75 Å². The number of hydrogen-bond acceptors (Lipinski definition) is 4. The Labute approximate surface area is 196 Å². The fourth-order valence-electron chi connectivity index (χ4n) is 5.44. The normalized spacial score (nSPS) is 20.2. The zero-order chi connectivity index (χ0) is 23.9. The first-order valence-electron chi connectivity index (χ1n) is 11.8. The number of carboxylic acid groups (broad SMARTS) is 1. The van der Waals surface area contributed by atoms with Crippen LogP contribution in [0.1, 0.15) is 75.8 Å². The molecule has 33 heavy (non-hydrogen) atoms. The summed E-state index contributed by atoms with van der Waals surface area (Å²) in [6.45, 7) is 12.9. The standard InChI is InChI=1S/C27H35N3O3/c1-16(2)33-21-9-7-19(8-10-21)28-26-29-23-13-22(25(31)32)18(4)12-24(23)30(26)20-11-17(3)14-27(5,6)15-20/h7-10,12-13,16-17,20H,11,14-15H2,1-6H3,(H,28,29)(H,31,32)/t17-,20-/m0/s1. The molecule has 1 aliphatic carbocycles. The molecular weight excluding hydrogens is 414 g/mol. The van der Waals surface area contributed by atoms with Gasteiger partial charge in [-0.25, -0.2) is 9.78 Å². The number of aryl methyl sites for hydroxylation is 1. The Morgan fingerprint density at radius 1 is 1.21 bits per heavy atom. The van der Waals surface area contributed by atoms with E-state index in [4.69, 9.17) is 9.72 Å². The summed E-state index contributed by atoms with van der Waals surface area (Å²) in [5.74, 6) is 1.26. The fourth-order valence-corrected chi connectivity index (χ4v) is 5.44. The molecule has 0 radical (unpaired) electrons. The summed E-state index contributed by atoms with van der Waals surface area (Å²) in [5.41, 5.74) is 3.89. The molecule has 2 atom stereocenters. The maximum absolute atomic E-state index is 11.7. The third-order valence-electron chi connectivity index (χ3n) is 6.48. The number of anilines is 2. The van der Waals surface area contributed by atoms with Crippen molar-refractivity contribution in [1.82, 2.24) is 9.55 Å². The van der Waals surface area contributed by atoms with Crippen LogP contribution in [0.15, 0.2) is 36.4 Å². The van der Waals surface area contributed by atoms with Gasteiger partial charge in [-0.1, -0.05) is 20.8 Å². The van der Waals surface area contributed by atoms with Crippen molar-refractivity contribution in [2.75, 3.05) is 5.32 Å². The second-order valence-corrected chi connectivity index (χ2v) is 10.6. The van der Waals surface area contributed by atoms with Crippen LogP contribution in [0.25, 0.3) is 11.0 Å². The first-order chi connectivity index (χ1) is 15.5. The van der Waals surface area contributed by atoms with E-state index in [1.54, 1.807) is 6.07 Å². The second-order valence-electron chi connectivity index (χ2n) is 10.6. The van der Waals surface area contributed by atoms with Gasteiger partial charge in [-0.3, -0.25) is 0 Å². The average molecular weight is 450 g/mol. The minimum atomic E-state index is -0.924. The van der Waals surface area contributed by atoms with Crippen molar-refractivity contribution in [3.8, 4) is 5.75 Å². The maximum Gasteiger partial charge on any atom is 0.336 e. The van der Waals surface area contributed by atoms with Crippen LogP contribution in [-0.2, 0) is 0 Å². The van der Waals surface area contributed by atoms with Gasteiger partial charge in [0.2, 0.25) is 5.95 Å². The van der Waals surface area contributed by atoms with Crippen molar-refractivity contribution < 1.29 is 14.6 Å².